The first kappa shape index (κ1) is 23.4. The molecule has 0 saturated heterocycles. The first-order valence-electron chi connectivity index (χ1n) is 13.1. The third kappa shape index (κ3) is 4.50. The zero-order chi connectivity index (χ0) is 24.4. The summed E-state index contributed by atoms with van der Waals surface area (Å²) < 4.78 is 0. The van der Waals surface area contributed by atoms with Gasteiger partial charge in [-0.15, -0.1) is 0 Å². The Labute approximate surface area is 211 Å². The van der Waals surface area contributed by atoms with Crippen molar-refractivity contribution in [2.75, 3.05) is 0 Å². The number of benzene rings is 2. The molecule has 0 spiro atoms. The van der Waals surface area contributed by atoms with E-state index in [1.807, 2.05) is 0 Å². The van der Waals surface area contributed by atoms with E-state index in [0.717, 1.165) is 37.7 Å². The molecule has 0 heteroatoms. The molecule has 0 aromatic heterocycles. The van der Waals surface area contributed by atoms with Crippen molar-refractivity contribution < 1.29 is 0 Å². The molecule has 3 aliphatic carbocycles. The highest BCUT2D eigenvalue weighted by Crippen LogP contribution is 2.48. The highest BCUT2D eigenvalue weighted by atomic mass is 14.3. The zero-order valence-corrected chi connectivity index (χ0v) is 21.5. The van der Waals surface area contributed by atoms with Gasteiger partial charge in [0.25, 0.3) is 0 Å². The van der Waals surface area contributed by atoms with Gasteiger partial charge in [0, 0.05) is 0 Å². The van der Waals surface area contributed by atoms with Crippen LogP contribution in [0.5, 0.6) is 0 Å². The second-order valence-electron chi connectivity index (χ2n) is 9.97. The Bertz CT molecular complexity index is 1360. The predicted octanol–water partition coefficient (Wildman–Crippen LogP) is 9.59. The summed E-state index contributed by atoms with van der Waals surface area (Å²) in [6.45, 7) is 11.0. The third-order valence-electron chi connectivity index (χ3n) is 7.62. The summed E-state index contributed by atoms with van der Waals surface area (Å²) in [6, 6.07) is 13.9. The maximum absolute atomic E-state index is 4.36. The minimum Gasteiger partial charge on any atom is -0.0955 e. The average molecular weight is 457 g/mol. The smallest absolute Gasteiger partial charge is 0.00142 e. The quantitative estimate of drug-likeness (QED) is 0.429. The minimum atomic E-state index is 0.886. The minimum absolute atomic E-state index is 0.886. The monoisotopic (exact) mass is 456 g/mol. The molecular formula is C35H36. The van der Waals surface area contributed by atoms with Gasteiger partial charge < -0.3 is 0 Å². The van der Waals surface area contributed by atoms with E-state index in [2.05, 4.69) is 106 Å². The second kappa shape index (κ2) is 10.1. The molecule has 35 heavy (non-hydrogen) atoms. The average Bonchev–Trinajstić information content (AvgIpc) is 3.25. The van der Waals surface area contributed by atoms with Gasteiger partial charge in [-0.05, 0) is 108 Å². The highest BCUT2D eigenvalue weighted by Gasteiger charge is 2.28. The van der Waals surface area contributed by atoms with E-state index in [1.54, 1.807) is 16.7 Å². The second-order valence-corrected chi connectivity index (χ2v) is 9.97. The summed E-state index contributed by atoms with van der Waals surface area (Å²) in [5, 5.41) is 0. The lowest BCUT2D eigenvalue weighted by atomic mass is 9.81. The maximum Gasteiger partial charge on any atom is -0.00142 e. The Morgan fingerprint density at radius 3 is 2.69 bits per heavy atom. The summed E-state index contributed by atoms with van der Waals surface area (Å²) in [6.07, 6.45) is 22.0. The van der Waals surface area contributed by atoms with Crippen LogP contribution < -0.4 is 0 Å². The van der Waals surface area contributed by atoms with Crippen LogP contribution in [0, 0.1) is 6.92 Å². The number of aryl methyl sites for hydroxylation is 1. The van der Waals surface area contributed by atoms with E-state index in [-0.39, 0.29) is 0 Å². The first-order chi connectivity index (χ1) is 17.1. The van der Waals surface area contributed by atoms with E-state index >= 15 is 0 Å². The van der Waals surface area contributed by atoms with Crippen molar-refractivity contribution in [2.45, 2.75) is 59.3 Å². The van der Waals surface area contributed by atoms with Gasteiger partial charge >= 0.3 is 0 Å². The summed E-state index contributed by atoms with van der Waals surface area (Å²) in [5.41, 5.74) is 17.1. The van der Waals surface area contributed by atoms with E-state index in [9.17, 15) is 0 Å². The number of fused-ring (bicyclic) bond motifs is 1. The molecule has 2 aromatic carbocycles. The van der Waals surface area contributed by atoms with E-state index < -0.39 is 0 Å². The van der Waals surface area contributed by atoms with Crippen molar-refractivity contribution in [3.63, 3.8) is 0 Å². The third-order valence-corrected chi connectivity index (χ3v) is 7.62. The van der Waals surface area contributed by atoms with Crippen LogP contribution >= 0.6 is 0 Å². The normalized spacial score (nSPS) is 19.7. The summed E-state index contributed by atoms with van der Waals surface area (Å²) in [7, 11) is 0. The SMILES string of the molecule is C=C1/C=C\C=C/Cc2cccc(-c3cc(C)ccc3C3=CCCC4=C3CC(/C=C\C)=C4CC)c2C1. The molecule has 2 aromatic rings. The fourth-order valence-corrected chi connectivity index (χ4v) is 6.05. The Hall–Kier alpha value is -3.38. The van der Waals surface area contributed by atoms with Crippen molar-refractivity contribution in [2.24, 2.45) is 0 Å². The van der Waals surface area contributed by atoms with Crippen molar-refractivity contribution in [3.05, 3.63) is 136 Å². The van der Waals surface area contributed by atoms with Crippen LogP contribution in [0.15, 0.2) is 113 Å². The summed E-state index contributed by atoms with van der Waals surface area (Å²) in [4.78, 5) is 0. The van der Waals surface area contributed by atoms with Crippen LogP contribution in [-0.4, -0.2) is 0 Å². The van der Waals surface area contributed by atoms with Gasteiger partial charge in [0.2, 0.25) is 0 Å². The standard InChI is InChI=1S/C35H36/c1-5-12-27-23-35-29(28(27)6-2)17-11-18-30(35)32-20-19-25(4)22-34(32)31-16-10-15-26-14-9-7-8-13-24(3)21-33(26)31/h5,7-10,12-13,15-16,18-20,22H,3,6,11,14,17,21,23H2,1-2,4H3/b9-7-,12-5-,13-8-. The van der Waals surface area contributed by atoms with Gasteiger partial charge in [-0.25, -0.2) is 0 Å². The zero-order valence-electron chi connectivity index (χ0n) is 21.5. The summed E-state index contributed by atoms with van der Waals surface area (Å²) in [5.74, 6) is 0. The highest BCUT2D eigenvalue weighted by molar-refractivity contribution is 5.92. The molecule has 0 unspecified atom stereocenters. The van der Waals surface area contributed by atoms with E-state index in [1.165, 1.54) is 50.9 Å². The number of hydrogen-bond donors (Lipinski definition) is 0. The fourth-order valence-electron chi connectivity index (χ4n) is 6.05. The molecule has 0 bridgehead atoms. The molecule has 0 heterocycles. The molecule has 5 rings (SSSR count). The van der Waals surface area contributed by atoms with Gasteiger partial charge in [0.15, 0.2) is 0 Å². The van der Waals surface area contributed by atoms with Crippen LogP contribution in [0.3, 0.4) is 0 Å². The Balaban J connectivity index is 1.66. The number of hydrogen-bond acceptors (Lipinski definition) is 0. The topological polar surface area (TPSA) is 0 Å². The Morgan fingerprint density at radius 2 is 1.86 bits per heavy atom. The van der Waals surface area contributed by atoms with Crippen molar-refractivity contribution in [3.8, 4) is 11.1 Å². The number of allylic oxidation sites excluding steroid dienone is 13. The molecule has 0 atom stereocenters. The van der Waals surface area contributed by atoms with Gasteiger partial charge in [0.05, 0.1) is 0 Å². The van der Waals surface area contributed by atoms with Crippen LogP contribution in [0.1, 0.15) is 61.8 Å². The largest absolute Gasteiger partial charge is 0.0955 e. The van der Waals surface area contributed by atoms with Crippen molar-refractivity contribution in [1.82, 2.24) is 0 Å². The van der Waals surface area contributed by atoms with Gasteiger partial charge in [-0.2, -0.15) is 0 Å². The van der Waals surface area contributed by atoms with Gasteiger partial charge in [-0.1, -0.05) is 104 Å². The molecule has 0 N–H and O–H groups in total. The lowest BCUT2D eigenvalue weighted by Crippen LogP contribution is -2.03. The predicted molar refractivity (Wildman–Crippen MR) is 152 cm³/mol. The van der Waals surface area contributed by atoms with Gasteiger partial charge in [-0.3, -0.25) is 0 Å². The molecule has 0 saturated carbocycles. The molecule has 0 amide bonds. The molecule has 3 aliphatic rings. The van der Waals surface area contributed by atoms with Crippen LogP contribution in [0.4, 0.5) is 0 Å². The first-order valence-corrected chi connectivity index (χ1v) is 13.1. The van der Waals surface area contributed by atoms with Crippen molar-refractivity contribution in [1.29, 1.82) is 0 Å². The van der Waals surface area contributed by atoms with E-state index in [0.29, 0.717) is 0 Å². The lowest BCUT2D eigenvalue weighted by Gasteiger charge is -2.23. The Kier molecular flexibility index (Phi) is 6.73. The lowest BCUT2D eigenvalue weighted by molar-refractivity contribution is 0.938. The maximum atomic E-state index is 4.36. The molecule has 0 aliphatic heterocycles. The molecule has 0 fully saturated rings. The number of rotatable bonds is 4. The summed E-state index contributed by atoms with van der Waals surface area (Å²) >= 11 is 0. The van der Waals surface area contributed by atoms with E-state index in [4.69, 9.17) is 0 Å². The van der Waals surface area contributed by atoms with Crippen LogP contribution in [0.25, 0.3) is 16.7 Å². The van der Waals surface area contributed by atoms with Crippen LogP contribution in [0.2, 0.25) is 0 Å². The molecule has 0 nitrogen and oxygen atoms in total. The molecular weight excluding hydrogens is 420 g/mol. The molecule has 176 valence electrons. The Morgan fingerprint density at radius 1 is 0.971 bits per heavy atom. The van der Waals surface area contributed by atoms with Crippen LogP contribution in [-0.2, 0) is 12.8 Å². The van der Waals surface area contributed by atoms with Gasteiger partial charge in [0.1, 0.15) is 0 Å². The van der Waals surface area contributed by atoms with Crippen molar-refractivity contribution >= 4 is 5.57 Å². The molecule has 0 radical (unpaired) electrons. The fraction of sp³-hybridized carbons (Fsp3) is 0.257.